The van der Waals surface area contributed by atoms with Crippen molar-refractivity contribution in [1.82, 2.24) is 9.97 Å². The highest BCUT2D eigenvalue weighted by Gasteiger charge is 2.10. The fraction of sp³-hybridized carbons (Fsp3) is 0.333. The Balaban J connectivity index is 2.24. The lowest BCUT2D eigenvalue weighted by Crippen LogP contribution is -2.06. The van der Waals surface area contributed by atoms with E-state index in [4.69, 9.17) is 15.2 Å². The van der Waals surface area contributed by atoms with E-state index in [0.717, 1.165) is 17.7 Å². The molecule has 2 aromatic rings. The van der Waals surface area contributed by atoms with Crippen LogP contribution in [0.3, 0.4) is 0 Å². The van der Waals surface area contributed by atoms with Crippen molar-refractivity contribution in [2.75, 3.05) is 31.4 Å². The second kappa shape index (κ2) is 7.44. The second-order valence-electron chi connectivity index (χ2n) is 4.40. The predicted molar refractivity (Wildman–Crippen MR) is 82.9 cm³/mol. The van der Waals surface area contributed by atoms with Gasteiger partial charge in [-0.1, -0.05) is 18.2 Å². The quantitative estimate of drug-likeness (QED) is 0.814. The maximum absolute atomic E-state index is 6.03. The minimum Gasteiger partial charge on any atom is -0.476 e. The molecule has 1 aromatic heterocycles. The van der Waals surface area contributed by atoms with E-state index >= 15 is 0 Å². The Bertz CT molecular complexity index is 590. The van der Waals surface area contributed by atoms with Crippen LogP contribution in [0.1, 0.15) is 12.5 Å². The number of aromatic nitrogens is 2. The van der Waals surface area contributed by atoms with Gasteiger partial charge in [0.1, 0.15) is 12.0 Å². The van der Waals surface area contributed by atoms with Gasteiger partial charge in [0.25, 0.3) is 0 Å². The summed E-state index contributed by atoms with van der Waals surface area (Å²) in [6.45, 7) is 3.04. The summed E-state index contributed by atoms with van der Waals surface area (Å²) in [6.07, 6.45) is 2.24. The maximum Gasteiger partial charge on any atom is 0.242 e. The van der Waals surface area contributed by atoms with E-state index < -0.39 is 0 Å². The monoisotopic (exact) mass is 288 g/mol. The van der Waals surface area contributed by atoms with Crippen LogP contribution in [0.5, 0.6) is 5.88 Å². The van der Waals surface area contributed by atoms with Crippen LogP contribution in [0.2, 0.25) is 0 Å². The molecular weight excluding hydrogens is 268 g/mol. The SMILES string of the molecule is CCOc1ncnc(Nc2ccccc2CCOC)c1N. The van der Waals surface area contributed by atoms with Gasteiger partial charge in [-0.2, -0.15) is 4.98 Å². The molecule has 0 spiro atoms. The Hall–Kier alpha value is -2.34. The number of methoxy groups -OCH3 is 1. The molecule has 0 saturated carbocycles. The summed E-state index contributed by atoms with van der Waals surface area (Å²) in [6, 6.07) is 7.97. The van der Waals surface area contributed by atoms with Gasteiger partial charge in [0.05, 0.1) is 13.2 Å². The van der Waals surface area contributed by atoms with E-state index in [-0.39, 0.29) is 0 Å². The molecule has 6 heteroatoms. The van der Waals surface area contributed by atoms with E-state index in [1.165, 1.54) is 6.33 Å². The zero-order chi connectivity index (χ0) is 15.1. The zero-order valence-electron chi connectivity index (χ0n) is 12.3. The summed E-state index contributed by atoms with van der Waals surface area (Å²) in [4.78, 5) is 8.20. The van der Waals surface area contributed by atoms with Crippen molar-refractivity contribution >= 4 is 17.2 Å². The van der Waals surface area contributed by atoms with Gasteiger partial charge in [0, 0.05) is 12.8 Å². The van der Waals surface area contributed by atoms with Crippen LogP contribution in [-0.2, 0) is 11.2 Å². The van der Waals surface area contributed by atoms with Gasteiger partial charge in [0.15, 0.2) is 5.82 Å². The lowest BCUT2D eigenvalue weighted by Gasteiger charge is -2.14. The third-order valence-corrected chi connectivity index (χ3v) is 2.97. The molecule has 1 aromatic carbocycles. The standard InChI is InChI=1S/C15H20N4O2/c1-3-21-15-13(16)14(17-10-18-15)19-12-7-5-4-6-11(12)8-9-20-2/h4-7,10H,3,8-9,16H2,1-2H3,(H,17,18,19). The van der Waals surface area contributed by atoms with Gasteiger partial charge in [-0.25, -0.2) is 4.98 Å². The Morgan fingerprint density at radius 1 is 1.24 bits per heavy atom. The number of nitrogens with zero attached hydrogens (tertiary/aromatic N) is 2. The van der Waals surface area contributed by atoms with Crippen LogP contribution >= 0.6 is 0 Å². The number of rotatable bonds is 7. The number of nitrogens with one attached hydrogen (secondary N) is 1. The number of hydrogen-bond donors (Lipinski definition) is 2. The average molecular weight is 288 g/mol. The van der Waals surface area contributed by atoms with Crippen LogP contribution in [0, 0.1) is 0 Å². The summed E-state index contributed by atoms with van der Waals surface area (Å²) in [5.41, 5.74) is 8.52. The first-order valence-corrected chi connectivity index (χ1v) is 6.83. The molecule has 0 unspecified atom stereocenters. The molecule has 6 nitrogen and oxygen atoms in total. The number of benzene rings is 1. The van der Waals surface area contributed by atoms with Gasteiger partial charge in [-0.05, 0) is 25.0 Å². The molecule has 2 rings (SSSR count). The highest BCUT2D eigenvalue weighted by molar-refractivity contribution is 5.73. The first-order chi connectivity index (χ1) is 10.3. The molecule has 0 aliphatic heterocycles. The third kappa shape index (κ3) is 3.82. The molecule has 0 fully saturated rings. The van der Waals surface area contributed by atoms with Crippen molar-refractivity contribution in [1.29, 1.82) is 0 Å². The van der Waals surface area contributed by atoms with Crippen LogP contribution in [0.15, 0.2) is 30.6 Å². The Morgan fingerprint density at radius 3 is 2.81 bits per heavy atom. The number of nitrogen functional groups attached to an aromatic ring is 1. The van der Waals surface area contributed by atoms with Crippen molar-refractivity contribution in [3.05, 3.63) is 36.2 Å². The van der Waals surface area contributed by atoms with Crippen LogP contribution < -0.4 is 15.8 Å². The summed E-state index contributed by atoms with van der Waals surface area (Å²) in [5.74, 6) is 0.933. The molecule has 0 aliphatic carbocycles. The highest BCUT2D eigenvalue weighted by Crippen LogP contribution is 2.28. The number of anilines is 3. The van der Waals surface area contributed by atoms with Crippen LogP contribution in [-0.4, -0.2) is 30.3 Å². The lowest BCUT2D eigenvalue weighted by molar-refractivity contribution is 0.202. The van der Waals surface area contributed by atoms with Gasteiger partial charge >= 0.3 is 0 Å². The molecule has 1 heterocycles. The molecule has 0 bridgehead atoms. The van der Waals surface area contributed by atoms with Crippen molar-refractivity contribution in [2.45, 2.75) is 13.3 Å². The fourth-order valence-electron chi connectivity index (χ4n) is 1.93. The lowest BCUT2D eigenvalue weighted by atomic mass is 10.1. The van der Waals surface area contributed by atoms with Crippen molar-refractivity contribution < 1.29 is 9.47 Å². The summed E-state index contributed by atoms with van der Waals surface area (Å²) in [5, 5.41) is 3.24. The Kier molecular flexibility index (Phi) is 5.34. The minimum atomic E-state index is 0.393. The topological polar surface area (TPSA) is 82.3 Å². The number of para-hydroxylation sites is 1. The second-order valence-corrected chi connectivity index (χ2v) is 4.40. The molecule has 0 saturated heterocycles. The number of ether oxygens (including phenoxy) is 2. The maximum atomic E-state index is 6.03. The first kappa shape index (κ1) is 15.1. The molecule has 0 amide bonds. The van der Waals surface area contributed by atoms with E-state index in [0.29, 0.717) is 30.6 Å². The van der Waals surface area contributed by atoms with E-state index in [1.54, 1.807) is 7.11 Å². The van der Waals surface area contributed by atoms with E-state index in [2.05, 4.69) is 15.3 Å². The summed E-state index contributed by atoms with van der Waals surface area (Å²) >= 11 is 0. The summed E-state index contributed by atoms with van der Waals surface area (Å²) in [7, 11) is 1.69. The van der Waals surface area contributed by atoms with Gasteiger partial charge in [0.2, 0.25) is 5.88 Å². The normalized spacial score (nSPS) is 10.4. The minimum absolute atomic E-state index is 0.393. The van der Waals surface area contributed by atoms with Crippen molar-refractivity contribution in [2.24, 2.45) is 0 Å². The van der Waals surface area contributed by atoms with Crippen molar-refractivity contribution in [3.8, 4) is 5.88 Å². The van der Waals surface area contributed by atoms with Gasteiger partial charge in [-0.15, -0.1) is 0 Å². The molecule has 0 radical (unpaired) electrons. The predicted octanol–water partition coefficient (Wildman–Crippen LogP) is 2.39. The van der Waals surface area contributed by atoms with Crippen LogP contribution in [0.4, 0.5) is 17.2 Å². The summed E-state index contributed by atoms with van der Waals surface area (Å²) < 4.78 is 10.5. The van der Waals surface area contributed by atoms with Crippen molar-refractivity contribution in [3.63, 3.8) is 0 Å². The van der Waals surface area contributed by atoms with Gasteiger partial charge in [-0.3, -0.25) is 0 Å². The molecule has 0 aliphatic rings. The zero-order valence-corrected chi connectivity index (χ0v) is 12.3. The number of hydrogen-bond acceptors (Lipinski definition) is 6. The van der Waals surface area contributed by atoms with E-state index in [9.17, 15) is 0 Å². The highest BCUT2D eigenvalue weighted by atomic mass is 16.5. The third-order valence-electron chi connectivity index (χ3n) is 2.97. The Morgan fingerprint density at radius 2 is 2.05 bits per heavy atom. The van der Waals surface area contributed by atoms with Gasteiger partial charge < -0.3 is 20.5 Å². The fourth-order valence-corrected chi connectivity index (χ4v) is 1.93. The molecular formula is C15H20N4O2. The molecule has 0 atom stereocenters. The van der Waals surface area contributed by atoms with E-state index in [1.807, 2.05) is 31.2 Å². The van der Waals surface area contributed by atoms with Crippen LogP contribution in [0.25, 0.3) is 0 Å². The molecule has 21 heavy (non-hydrogen) atoms. The Labute approximate surface area is 124 Å². The number of nitrogens with two attached hydrogens (primary N) is 1. The average Bonchev–Trinajstić information content (AvgIpc) is 2.50. The largest absolute Gasteiger partial charge is 0.476 e. The smallest absolute Gasteiger partial charge is 0.242 e. The molecule has 112 valence electrons. The molecule has 3 N–H and O–H groups in total. The first-order valence-electron chi connectivity index (χ1n) is 6.83.